The van der Waals surface area contributed by atoms with Crippen LogP contribution < -0.4 is 5.32 Å². The van der Waals surface area contributed by atoms with Gasteiger partial charge in [-0.05, 0) is 6.42 Å². The van der Waals surface area contributed by atoms with Crippen molar-refractivity contribution in [2.45, 2.75) is 12.8 Å². The van der Waals surface area contributed by atoms with Crippen molar-refractivity contribution >= 4 is 22.4 Å². The molecule has 1 N–H and O–H groups in total. The molecule has 0 saturated heterocycles. The number of nitrogens with one attached hydrogen (secondary N) is 1. The third kappa shape index (κ3) is 2.99. The van der Waals surface area contributed by atoms with Gasteiger partial charge in [0.1, 0.15) is 5.69 Å². The van der Waals surface area contributed by atoms with Crippen LogP contribution in [-0.4, -0.2) is 45.7 Å². The van der Waals surface area contributed by atoms with Crippen LogP contribution in [0.5, 0.6) is 0 Å². The molecular formula is C19H21N5OS. The van der Waals surface area contributed by atoms with Gasteiger partial charge in [0, 0.05) is 50.1 Å². The highest BCUT2D eigenvalue weighted by Gasteiger charge is 2.26. The largest absolute Gasteiger partial charge is 0.365 e. The molecule has 0 spiro atoms. The lowest BCUT2D eigenvalue weighted by Crippen LogP contribution is -2.33. The molecule has 3 heterocycles. The molecule has 134 valence electrons. The van der Waals surface area contributed by atoms with Crippen LogP contribution in [0.25, 0.3) is 11.3 Å². The molecule has 3 aromatic rings. The van der Waals surface area contributed by atoms with Gasteiger partial charge in [0.2, 0.25) is 0 Å². The molecule has 0 unspecified atom stereocenters. The molecule has 0 atom stereocenters. The van der Waals surface area contributed by atoms with Gasteiger partial charge in [0.15, 0.2) is 5.13 Å². The molecule has 1 aromatic carbocycles. The van der Waals surface area contributed by atoms with E-state index in [0.29, 0.717) is 18.8 Å². The summed E-state index contributed by atoms with van der Waals surface area (Å²) < 4.78 is 1.97. The molecule has 7 heteroatoms. The van der Waals surface area contributed by atoms with Gasteiger partial charge in [-0.2, -0.15) is 5.10 Å². The van der Waals surface area contributed by atoms with E-state index in [1.807, 2.05) is 47.3 Å². The van der Waals surface area contributed by atoms with E-state index in [-0.39, 0.29) is 5.91 Å². The second kappa shape index (κ2) is 6.92. The van der Waals surface area contributed by atoms with Crippen LogP contribution in [0.4, 0.5) is 5.13 Å². The number of rotatable bonds is 3. The number of hydrogen-bond acceptors (Lipinski definition) is 5. The Morgan fingerprint density at radius 3 is 2.69 bits per heavy atom. The SMILES string of the molecule is CNc1nc(C(=O)N2CCc3nn(C)c(-c4ccccc4)c3CC2)cs1. The summed E-state index contributed by atoms with van der Waals surface area (Å²) >= 11 is 1.45. The van der Waals surface area contributed by atoms with Crippen LogP contribution in [0.3, 0.4) is 0 Å². The Labute approximate surface area is 156 Å². The van der Waals surface area contributed by atoms with Gasteiger partial charge < -0.3 is 10.2 Å². The summed E-state index contributed by atoms with van der Waals surface area (Å²) in [7, 11) is 3.81. The number of carbonyl (C=O) groups excluding carboxylic acids is 1. The summed E-state index contributed by atoms with van der Waals surface area (Å²) in [4.78, 5) is 19.0. The van der Waals surface area contributed by atoms with Gasteiger partial charge in [-0.3, -0.25) is 9.48 Å². The maximum atomic E-state index is 12.8. The molecule has 1 amide bonds. The van der Waals surface area contributed by atoms with Crippen LogP contribution in [0, 0.1) is 0 Å². The first-order valence-corrected chi connectivity index (χ1v) is 9.58. The zero-order valence-electron chi connectivity index (χ0n) is 14.9. The van der Waals surface area contributed by atoms with Crippen molar-refractivity contribution < 1.29 is 4.79 Å². The Kier molecular flexibility index (Phi) is 4.46. The van der Waals surface area contributed by atoms with Crippen LogP contribution in [-0.2, 0) is 19.9 Å². The molecular weight excluding hydrogens is 346 g/mol. The number of thiazole rings is 1. The second-order valence-electron chi connectivity index (χ2n) is 6.34. The summed E-state index contributed by atoms with van der Waals surface area (Å²) in [6, 6.07) is 10.3. The summed E-state index contributed by atoms with van der Waals surface area (Å²) in [6.45, 7) is 1.35. The molecule has 2 aromatic heterocycles. The number of benzene rings is 1. The maximum Gasteiger partial charge on any atom is 0.273 e. The van der Waals surface area contributed by atoms with Crippen LogP contribution in [0.1, 0.15) is 21.7 Å². The summed E-state index contributed by atoms with van der Waals surface area (Å²) in [5.41, 5.74) is 5.18. The molecule has 0 bridgehead atoms. The van der Waals surface area contributed by atoms with Crippen LogP contribution in [0.15, 0.2) is 35.7 Å². The standard InChI is InChI=1S/C19H21N5OS/c1-20-19-21-16(12-26-19)18(25)24-10-8-14-15(9-11-24)22-23(2)17(14)13-6-4-3-5-7-13/h3-7,12H,8-11H2,1-2H3,(H,20,21). The average Bonchev–Trinajstić information content (AvgIpc) is 3.21. The first-order valence-electron chi connectivity index (χ1n) is 8.70. The van der Waals surface area contributed by atoms with E-state index in [1.54, 1.807) is 0 Å². The Morgan fingerprint density at radius 1 is 1.19 bits per heavy atom. The molecule has 0 radical (unpaired) electrons. The van der Waals surface area contributed by atoms with Gasteiger partial charge >= 0.3 is 0 Å². The van der Waals surface area contributed by atoms with Crippen molar-refractivity contribution in [1.82, 2.24) is 19.7 Å². The third-order valence-electron chi connectivity index (χ3n) is 4.75. The second-order valence-corrected chi connectivity index (χ2v) is 7.20. The number of nitrogens with zero attached hydrogens (tertiary/aromatic N) is 4. The highest BCUT2D eigenvalue weighted by molar-refractivity contribution is 7.13. The van der Waals surface area contributed by atoms with Crippen molar-refractivity contribution in [2.24, 2.45) is 7.05 Å². The number of hydrogen-bond donors (Lipinski definition) is 1. The minimum Gasteiger partial charge on any atom is -0.365 e. The lowest BCUT2D eigenvalue weighted by atomic mass is 10.0. The highest BCUT2D eigenvalue weighted by atomic mass is 32.1. The summed E-state index contributed by atoms with van der Waals surface area (Å²) in [5.74, 6) is -0.00135. The quantitative estimate of drug-likeness (QED) is 0.773. The number of carbonyl (C=O) groups is 1. The van der Waals surface area contributed by atoms with Crippen molar-refractivity contribution in [3.05, 3.63) is 52.7 Å². The molecule has 1 aliphatic heterocycles. The van der Waals surface area contributed by atoms with E-state index in [0.717, 1.165) is 29.4 Å². The van der Waals surface area contributed by atoms with Crippen LogP contribution >= 0.6 is 11.3 Å². The molecule has 0 aliphatic carbocycles. The minimum absolute atomic E-state index is 0.00135. The highest BCUT2D eigenvalue weighted by Crippen LogP contribution is 2.29. The number of aromatic nitrogens is 3. The van der Waals surface area contributed by atoms with Crippen molar-refractivity contribution in [2.75, 3.05) is 25.5 Å². The van der Waals surface area contributed by atoms with Gasteiger partial charge in [-0.1, -0.05) is 30.3 Å². The fourth-order valence-corrected chi connectivity index (χ4v) is 4.14. The van der Waals surface area contributed by atoms with E-state index in [2.05, 4.69) is 22.4 Å². The zero-order valence-corrected chi connectivity index (χ0v) is 15.7. The zero-order chi connectivity index (χ0) is 18.1. The Hall–Kier alpha value is -2.67. The molecule has 6 nitrogen and oxygen atoms in total. The van der Waals surface area contributed by atoms with E-state index in [1.165, 1.54) is 22.5 Å². The van der Waals surface area contributed by atoms with E-state index in [4.69, 9.17) is 5.10 Å². The van der Waals surface area contributed by atoms with Crippen LogP contribution in [0.2, 0.25) is 0 Å². The predicted molar refractivity (Wildman–Crippen MR) is 104 cm³/mol. The van der Waals surface area contributed by atoms with E-state index in [9.17, 15) is 4.79 Å². The smallest absolute Gasteiger partial charge is 0.273 e. The average molecular weight is 367 g/mol. The molecule has 1 aliphatic rings. The fraction of sp³-hybridized carbons (Fsp3) is 0.316. The molecule has 4 rings (SSSR count). The number of amides is 1. The first-order chi connectivity index (χ1) is 12.7. The first kappa shape index (κ1) is 16.8. The molecule has 0 saturated carbocycles. The monoisotopic (exact) mass is 367 g/mol. The Bertz CT molecular complexity index is 931. The third-order valence-corrected chi connectivity index (χ3v) is 5.61. The Morgan fingerprint density at radius 2 is 1.96 bits per heavy atom. The number of fused-ring (bicyclic) bond motifs is 1. The normalized spacial score (nSPS) is 14.0. The number of anilines is 1. The fourth-order valence-electron chi connectivity index (χ4n) is 3.50. The summed E-state index contributed by atoms with van der Waals surface area (Å²) in [6.07, 6.45) is 1.58. The predicted octanol–water partition coefficient (Wildman–Crippen LogP) is 2.83. The van der Waals surface area contributed by atoms with Gasteiger partial charge in [-0.25, -0.2) is 4.98 Å². The van der Waals surface area contributed by atoms with Gasteiger partial charge in [0.05, 0.1) is 11.4 Å². The van der Waals surface area contributed by atoms with Crippen molar-refractivity contribution in [3.8, 4) is 11.3 Å². The minimum atomic E-state index is -0.00135. The number of aryl methyl sites for hydroxylation is 1. The maximum absolute atomic E-state index is 12.8. The topological polar surface area (TPSA) is 63.1 Å². The molecule has 0 fully saturated rings. The van der Waals surface area contributed by atoms with Crippen molar-refractivity contribution in [3.63, 3.8) is 0 Å². The Balaban J connectivity index is 1.58. The molecule has 26 heavy (non-hydrogen) atoms. The van der Waals surface area contributed by atoms with E-state index >= 15 is 0 Å². The lowest BCUT2D eigenvalue weighted by molar-refractivity contribution is 0.0757. The lowest BCUT2D eigenvalue weighted by Gasteiger charge is -2.19. The van der Waals surface area contributed by atoms with Gasteiger partial charge in [-0.15, -0.1) is 11.3 Å². The van der Waals surface area contributed by atoms with Crippen molar-refractivity contribution in [1.29, 1.82) is 0 Å². The summed E-state index contributed by atoms with van der Waals surface area (Å²) in [5, 5.41) is 10.3. The van der Waals surface area contributed by atoms with E-state index < -0.39 is 0 Å². The van der Waals surface area contributed by atoms with Gasteiger partial charge in [0.25, 0.3) is 5.91 Å².